The number of nitrogens with zero attached hydrogens (tertiary/aromatic N) is 3. The standard InChI is InChI=1S/C16H23N3OS2/c1-4-5-7-19(9-13-6-8-21-11-13)16(20)14-12-22-15(17-14)10-18(2)3/h6,8,11-12H,4-5,7,9-10H2,1-3H3. The van der Waals surface area contributed by atoms with Crippen molar-refractivity contribution in [3.63, 3.8) is 0 Å². The Morgan fingerprint density at radius 1 is 1.27 bits per heavy atom. The molecule has 0 bridgehead atoms. The van der Waals surface area contributed by atoms with Gasteiger partial charge in [0.2, 0.25) is 0 Å². The van der Waals surface area contributed by atoms with Crippen molar-refractivity contribution in [3.8, 4) is 0 Å². The van der Waals surface area contributed by atoms with Gasteiger partial charge in [0.05, 0.1) is 0 Å². The summed E-state index contributed by atoms with van der Waals surface area (Å²) < 4.78 is 0. The van der Waals surface area contributed by atoms with Gasteiger partial charge in [-0.05, 0) is 42.9 Å². The van der Waals surface area contributed by atoms with Crippen molar-refractivity contribution in [3.05, 3.63) is 38.5 Å². The second kappa shape index (κ2) is 8.41. The predicted molar refractivity (Wildman–Crippen MR) is 93.5 cm³/mol. The van der Waals surface area contributed by atoms with Crippen LogP contribution in [0.5, 0.6) is 0 Å². The molecule has 120 valence electrons. The molecule has 0 saturated heterocycles. The van der Waals surface area contributed by atoms with Crippen LogP contribution < -0.4 is 0 Å². The van der Waals surface area contributed by atoms with Crippen LogP contribution in [0.4, 0.5) is 0 Å². The first-order valence-electron chi connectivity index (χ1n) is 7.49. The maximum absolute atomic E-state index is 12.7. The van der Waals surface area contributed by atoms with Gasteiger partial charge < -0.3 is 9.80 Å². The Balaban J connectivity index is 2.08. The zero-order valence-electron chi connectivity index (χ0n) is 13.4. The fourth-order valence-electron chi connectivity index (χ4n) is 2.12. The fourth-order valence-corrected chi connectivity index (χ4v) is 3.66. The highest BCUT2D eigenvalue weighted by atomic mass is 32.1. The van der Waals surface area contributed by atoms with Crippen LogP contribution in [0.2, 0.25) is 0 Å². The molecule has 0 saturated carbocycles. The van der Waals surface area contributed by atoms with Crippen LogP contribution in [0.1, 0.15) is 40.8 Å². The molecule has 0 atom stereocenters. The Bertz CT molecular complexity index is 578. The number of carbonyl (C=O) groups is 1. The number of hydrogen-bond donors (Lipinski definition) is 0. The third kappa shape index (κ3) is 4.90. The SMILES string of the molecule is CCCCN(Cc1ccsc1)C(=O)c1csc(CN(C)C)n1. The van der Waals surface area contributed by atoms with E-state index in [-0.39, 0.29) is 5.91 Å². The summed E-state index contributed by atoms with van der Waals surface area (Å²) >= 11 is 3.22. The summed E-state index contributed by atoms with van der Waals surface area (Å²) in [6.45, 7) is 4.37. The van der Waals surface area contributed by atoms with Crippen LogP contribution in [-0.4, -0.2) is 41.3 Å². The zero-order valence-corrected chi connectivity index (χ0v) is 15.0. The van der Waals surface area contributed by atoms with E-state index in [1.54, 1.807) is 22.7 Å². The van der Waals surface area contributed by atoms with Crippen molar-refractivity contribution < 1.29 is 4.79 Å². The molecule has 2 rings (SSSR count). The highest BCUT2D eigenvalue weighted by Gasteiger charge is 2.19. The van der Waals surface area contributed by atoms with Crippen LogP contribution in [0, 0.1) is 0 Å². The molecule has 0 radical (unpaired) electrons. The van der Waals surface area contributed by atoms with Crippen molar-refractivity contribution in [2.45, 2.75) is 32.9 Å². The van der Waals surface area contributed by atoms with Crippen LogP contribution >= 0.6 is 22.7 Å². The number of hydrogen-bond acceptors (Lipinski definition) is 5. The third-order valence-corrected chi connectivity index (χ3v) is 4.81. The smallest absolute Gasteiger partial charge is 0.273 e. The molecule has 2 aromatic rings. The normalized spacial score (nSPS) is 11.1. The van der Waals surface area contributed by atoms with Gasteiger partial charge in [0.15, 0.2) is 0 Å². The maximum atomic E-state index is 12.7. The number of thiophene rings is 1. The minimum Gasteiger partial charge on any atom is -0.333 e. The summed E-state index contributed by atoms with van der Waals surface area (Å²) in [4.78, 5) is 21.2. The molecule has 2 aromatic heterocycles. The van der Waals surface area contributed by atoms with E-state index in [0.29, 0.717) is 12.2 Å². The molecule has 0 aliphatic heterocycles. The van der Waals surface area contributed by atoms with Crippen molar-refractivity contribution in [2.75, 3.05) is 20.6 Å². The van der Waals surface area contributed by atoms with Crippen LogP contribution in [0.25, 0.3) is 0 Å². The lowest BCUT2D eigenvalue weighted by atomic mass is 10.2. The van der Waals surface area contributed by atoms with Gasteiger partial charge >= 0.3 is 0 Å². The fraction of sp³-hybridized carbons (Fsp3) is 0.500. The Morgan fingerprint density at radius 2 is 2.09 bits per heavy atom. The van der Waals surface area contributed by atoms with E-state index in [1.165, 1.54) is 5.56 Å². The number of thiazole rings is 1. The highest BCUT2D eigenvalue weighted by molar-refractivity contribution is 7.09. The first kappa shape index (κ1) is 17.1. The molecule has 2 heterocycles. The predicted octanol–water partition coefficient (Wildman–Crippen LogP) is 3.71. The zero-order chi connectivity index (χ0) is 15.9. The lowest BCUT2D eigenvalue weighted by molar-refractivity contribution is 0.0735. The van der Waals surface area contributed by atoms with E-state index in [0.717, 1.165) is 30.9 Å². The second-order valence-electron chi connectivity index (χ2n) is 5.58. The Hall–Kier alpha value is -1.24. The summed E-state index contributed by atoms with van der Waals surface area (Å²) in [7, 11) is 4.01. The molecule has 0 fully saturated rings. The van der Waals surface area contributed by atoms with E-state index >= 15 is 0 Å². The van der Waals surface area contributed by atoms with Gasteiger partial charge in [-0.15, -0.1) is 11.3 Å². The topological polar surface area (TPSA) is 36.4 Å². The van der Waals surface area contributed by atoms with Crippen LogP contribution in [0.3, 0.4) is 0 Å². The van der Waals surface area contributed by atoms with E-state index in [2.05, 4.69) is 33.6 Å². The summed E-state index contributed by atoms with van der Waals surface area (Å²) in [5.74, 6) is 0.0425. The van der Waals surface area contributed by atoms with Gasteiger partial charge in [0, 0.05) is 25.0 Å². The summed E-state index contributed by atoms with van der Waals surface area (Å²) in [6, 6.07) is 2.08. The van der Waals surface area contributed by atoms with Crippen LogP contribution in [0.15, 0.2) is 22.2 Å². The van der Waals surface area contributed by atoms with Crippen molar-refractivity contribution in [1.82, 2.24) is 14.8 Å². The van der Waals surface area contributed by atoms with Gasteiger partial charge in [0.25, 0.3) is 5.91 Å². The molecule has 0 N–H and O–H groups in total. The van der Waals surface area contributed by atoms with Gasteiger partial charge in [0.1, 0.15) is 10.7 Å². The molecule has 0 aliphatic rings. The number of unbranched alkanes of at least 4 members (excludes halogenated alkanes) is 1. The van der Waals surface area contributed by atoms with Gasteiger partial charge in [-0.3, -0.25) is 4.79 Å². The number of rotatable bonds is 8. The summed E-state index contributed by atoms with van der Waals surface area (Å²) in [6.07, 6.45) is 2.10. The Labute approximate surface area is 140 Å². The molecule has 6 heteroatoms. The summed E-state index contributed by atoms with van der Waals surface area (Å²) in [5, 5.41) is 7.02. The third-order valence-electron chi connectivity index (χ3n) is 3.24. The average Bonchev–Trinajstić information content (AvgIpc) is 3.13. The van der Waals surface area contributed by atoms with Crippen molar-refractivity contribution >= 4 is 28.6 Å². The molecular formula is C16H23N3OS2. The summed E-state index contributed by atoms with van der Waals surface area (Å²) in [5.41, 5.74) is 1.77. The quantitative estimate of drug-likeness (QED) is 0.737. The first-order valence-corrected chi connectivity index (χ1v) is 9.32. The maximum Gasteiger partial charge on any atom is 0.273 e. The molecule has 22 heavy (non-hydrogen) atoms. The molecule has 1 amide bonds. The number of aromatic nitrogens is 1. The highest BCUT2D eigenvalue weighted by Crippen LogP contribution is 2.16. The van der Waals surface area contributed by atoms with Gasteiger partial charge in [-0.25, -0.2) is 4.98 Å². The van der Waals surface area contributed by atoms with E-state index in [9.17, 15) is 4.79 Å². The first-order chi connectivity index (χ1) is 10.6. The van der Waals surface area contributed by atoms with E-state index in [4.69, 9.17) is 0 Å². The largest absolute Gasteiger partial charge is 0.333 e. The Morgan fingerprint density at radius 3 is 2.73 bits per heavy atom. The molecular weight excluding hydrogens is 314 g/mol. The second-order valence-corrected chi connectivity index (χ2v) is 7.30. The molecule has 0 spiro atoms. The Kier molecular flexibility index (Phi) is 6.54. The monoisotopic (exact) mass is 337 g/mol. The van der Waals surface area contributed by atoms with Crippen molar-refractivity contribution in [1.29, 1.82) is 0 Å². The van der Waals surface area contributed by atoms with E-state index < -0.39 is 0 Å². The van der Waals surface area contributed by atoms with Crippen molar-refractivity contribution in [2.24, 2.45) is 0 Å². The van der Waals surface area contributed by atoms with Crippen LogP contribution in [-0.2, 0) is 13.1 Å². The molecule has 0 unspecified atom stereocenters. The van der Waals surface area contributed by atoms with E-state index in [1.807, 2.05) is 24.4 Å². The average molecular weight is 338 g/mol. The molecule has 0 aliphatic carbocycles. The van der Waals surface area contributed by atoms with Gasteiger partial charge in [-0.2, -0.15) is 11.3 Å². The number of amides is 1. The van der Waals surface area contributed by atoms with Gasteiger partial charge in [-0.1, -0.05) is 13.3 Å². The molecule has 4 nitrogen and oxygen atoms in total. The lowest BCUT2D eigenvalue weighted by Crippen LogP contribution is -2.31. The number of carbonyl (C=O) groups excluding carboxylic acids is 1. The minimum absolute atomic E-state index is 0.0425. The minimum atomic E-state index is 0.0425. The lowest BCUT2D eigenvalue weighted by Gasteiger charge is -2.21. The molecule has 0 aromatic carbocycles.